The molecule has 0 atom stereocenters. The molecule has 0 saturated heterocycles. The number of hydrogen-bond donors (Lipinski definition) is 0. The van der Waals surface area contributed by atoms with Crippen LogP contribution in [0.3, 0.4) is 0 Å². The summed E-state index contributed by atoms with van der Waals surface area (Å²) in [6, 6.07) is 9.36. The minimum atomic E-state index is -2.71. The van der Waals surface area contributed by atoms with E-state index in [2.05, 4.69) is 15.9 Å². The number of rotatable bonds is 3. The number of alkyl halides is 3. The Labute approximate surface area is 84.6 Å². The summed E-state index contributed by atoms with van der Waals surface area (Å²) in [5.74, 6) is 0. The van der Waals surface area contributed by atoms with Crippen molar-refractivity contribution in [3.8, 4) is 0 Å². The van der Waals surface area contributed by atoms with E-state index < -0.39 is 4.83 Å². The molecule has 1 aromatic carbocycles. The van der Waals surface area contributed by atoms with Gasteiger partial charge in [0.1, 0.15) is 0 Å². The zero-order valence-electron chi connectivity index (χ0n) is 6.14. The number of halogens is 3. The van der Waals surface area contributed by atoms with E-state index in [0.717, 1.165) is 4.46 Å². The maximum atomic E-state index is 12.3. The molecular weight excluding hydrogens is 293 g/mol. The molecule has 1 aromatic rings. The van der Waals surface area contributed by atoms with Gasteiger partial charge in [-0.2, -0.15) is 0 Å². The van der Waals surface area contributed by atoms with Gasteiger partial charge in [0.05, 0.1) is 0 Å². The van der Waals surface area contributed by atoms with Gasteiger partial charge in [-0.15, -0.1) is 0 Å². The summed E-state index contributed by atoms with van der Waals surface area (Å²) in [5.41, 5.74) is 0. The Morgan fingerprint density at radius 3 is 2.33 bits per heavy atom. The van der Waals surface area contributed by atoms with Crippen molar-refractivity contribution < 1.29 is 8.78 Å². The van der Waals surface area contributed by atoms with Gasteiger partial charge in [-0.1, -0.05) is 0 Å². The van der Waals surface area contributed by atoms with Crippen LogP contribution in [0, 0.1) is 0 Å². The van der Waals surface area contributed by atoms with Crippen molar-refractivity contribution in [2.45, 2.75) is 10.2 Å². The summed E-state index contributed by atoms with van der Waals surface area (Å²) in [6.07, 6.45) is 0. The standard InChI is InChI=1S/C8H7BrF2Se/c9-8(10,11)6-12-7-4-2-1-3-5-7/h1-5H,6H2. The van der Waals surface area contributed by atoms with Gasteiger partial charge >= 0.3 is 84.6 Å². The molecule has 0 N–H and O–H groups in total. The molecular formula is C8H7BrF2Se. The molecule has 12 heavy (non-hydrogen) atoms. The summed E-state index contributed by atoms with van der Waals surface area (Å²) in [4.78, 5) is -2.71. The molecule has 0 unspecified atom stereocenters. The molecule has 0 nitrogen and oxygen atoms in total. The van der Waals surface area contributed by atoms with Gasteiger partial charge in [-0.05, 0) is 0 Å². The first-order valence-corrected chi connectivity index (χ1v) is 6.18. The van der Waals surface area contributed by atoms with Crippen LogP contribution in [0.4, 0.5) is 8.78 Å². The van der Waals surface area contributed by atoms with Gasteiger partial charge in [0.2, 0.25) is 0 Å². The summed E-state index contributed by atoms with van der Waals surface area (Å²) in [5, 5.41) is -0.0932. The second-order valence-corrected chi connectivity index (χ2v) is 5.58. The van der Waals surface area contributed by atoms with Crippen LogP contribution in [-0.2, 0) is 0 Å². The third-order valence-corrected chi connectivity index (χ3v) is 4.60. The van der Waals surface area contributed by atoms with Gasteiger partial charge in [-0.3, -0.25) is 0 Å². The molecule has 0 fully saturated rings. The molecule has 0 aliphatic rings. The molecule has 4 heteroatoms. The van der Waals surface area contributed by atoms with E-state index in [4.69, 9.17) is 0 Å². The molecule has 0 aliphatic carbocycles. The summed E-state index contributed by atoms with van der Waals surface area (Å²) in [7, 11) is 0. The Bertz CT molecular complexity index is 233. The van der Waals surface area contributed by atoms with Crippen LogP contribution in [0.5, 0.6) is 0 Å². The van der Waals surface area contributed by atoms with Gasteiger partial charge in [0.25, 0.3) is 0 Å². The SMILES string of the molecule is FC(F)(Br)C[Se]c1ccccc1. The first-order chi connectivity index (χ1) is 5.58. The third kappa shape index (κ3) is 4.19. The Kier molecular flexibility index (Phi) is 3.69. The normalized spacial score (nSPS) is 11.6. The van der Waals surface area contributed by atoms with Gasteiger partial charge < -0.3 is 0 Å². The van der Waals surface area contributed by atoms with Crippen LogP contribution in [0.1, 0.15) is 0 Å². The summed E-state index contributed by atoms with van der Waals surface area (Å²) in [6.45, 7) is 0. The average molecular weight is 300 g/mol. The molecule has 66 valence electrons. The zero-order valence-corrected chi connectivity index (χ0v) is 9.44. The van der Waals surface area contributed by atoms with E-state index in [0.29, 0.717) is 0 Å². The first-order valence-electron chi connectivity index (χ1n) is 3.32. The van der Waals surface area contributed by atoms with E-state index in [1.54, 1.807) is 0 Å². The Morgan fingerprint density at radius 1 is 1.25 bits per heavy atom. The second-order valence-electron chi connectivity index (χ2n) is 2.22. The van der Waals surface area contributed by atoms with Crippen LogP contribution in [0.25, 0.3) is 0 Å². The molecule has 0 amide bonds. The Hall–Kier alpha value is 0.0795. The minimum absolute atomic E-state index is 0.0932. The molecule has 0 saturated carbocycles. The predicted octanol–water partition coefficient (Wildman–Crippen LogP) is 2.42. The fourth-order valence-corrected chi connectivity index (χ4v) is 2.70. The van der Waals surface area contributed by atoms with Crippen molar-refractivity contribution in [3.05, 3.63) is 30.3 Å². The molecule has 0 aromatic heterocycles. The number of hydrogen-bond acceptors (Lipinski definition) is 0. The van der Waals surface area contributed by atoms with Gasteiger partial charge in [-0.25, -0.2) is 0 Å². The molecule has 1 rings (SSSR count). The van der Waals surface area contributed by atoms with Crippen LogP contribution in [0.2, 0.25) is 5.32 Å². The van der Waals surface area contributed by atoms with E-state index >= 15 is 0 Å². The summed E-state index contributed by atoms with van der Waals surface area (Å²) >= 11 is 2.17. The topological polar surface area (TPSA) is 0 Å². The number of benzene rings is 1. The fourth-order valence-electron chi connectivity index (χ4n) is 0.682. The van der Waals surface area contributed by atoms with E-state index in [-0.39, 0.29) is 20.3 Å². The van der Waals surface area contributed by atoms with E-state index in [1.807, 2.05) is 30.3 Å². The Morgan fingerprint density at radius 2 is 1.83 bits per heavy atom. The van der Waals surface area contributed by atoms with Crippen LogP contribution >= 0.6 is 15.9 Å². The first kappa shape index (κ1) is 10.2. The Balaban J connectivity index is 2.44. The molecule has 0 bridgehead atoms. The van der Waals surface area contributed by atoms with Crippen molar-refractivity contribution in [1.82, 2.24) is 0 Å². The van der Waals surface area contributed by atoms with Crippen molar-refractivity contribution in [2.75, 3.05) is 0 Å². The van der Waals surface area contributed by atoms with Crippen molar-refractivity contribution in [1.29, 1.82) is 0 Å². The van der Waals surface area contributed by atoms with Crippen molar-refractivity contribution in [3.63, 3.8) is 0 Å². The second kappa shape index (κ2) is 4.35. The van der Waals surface area contributed by atoms with Crippen LogP contribution in [0.15, 0.2) is 30.3 Å². The van der Waals surface area contributed by atoms with Crippen LogP contribution in [-0.4, -0.2) is 19.8 Å². The average Bonchev–Trinajstić information content (AvgIpc) is 2.02. The monoisotopic (exact) mass is 300 g/mol. The zero-order chi connectivity index (χ0) is 9.03. The van der Waals surface area contributed by atoms with Crippen LogP contribution < -0.4 is 4.46 Å². The van der Waals surface area contributed by atoms with Gasteiger partial charge in [0, 0.05) is 0 Å². The summed E-state index contributed by atoms with van der Waals surface area (Å²) < 4.78 is 25.7. The van der Waals surface area contributed by atoms with Gasteiger partial charge in [0.15, 0.2) is 0 Å². The third-order valence-electron chi connectivity index (χ3n) is 1.15. The molecule has 0 radical (unpaired) electrons. The molecule has 0 spiro atoms. The molecule has 0 aliphatic heterocycles. The predicted molar refractivity (Wildman–Crippen MR) is 50.5 cm³/mol. The quantitative estimate of drug-likeness (QED) is 0.594. The van der Waals surface area contributed by atoms with E-state index in [9.17, 15) is 8.78 Å². The van der Waals surface area contributed by atoms with E-state index in [1.165, 1.54) is 0 Å². The maximum absolute atomic E-state index is 12.3. The fraction of sp³-hybridized carbons (Fsp3) is 0.250. The van der Waals surface area contributed by atoms with Crippen molar-refractivity contribution >= 4 is 35.3 Å². The molecule has 0 heterocycles. The van der Waals surface area contributed by atoms with Crippen molar-refractivity contribution in [2.24, 2.45) is 0 Å².